The number of hydrogen-bond acceptors (Lipinski definition) is 2. The molecule has 108 valence electrons. The summed E-state index contributed by atoms with van der Waals surface area (Å²) in [6.07, 6.45) is 12.1. The average molecular weight is 263 g/mol. The molecule has 0 spiro atoms. The Labute approximate surface area is 117 Å². The van der Waals surface area contributed by atoms with Crippen LogP contribution in [0.15, 0.2) is 12.4 Å². The Kier molecular flexibility index (Phi) is 5.44. The fraction of sp³-hybridized carbons (Fsp3) is 0.812. The van der Waals surface area contributed by atoms with Crippen LogP contribution < -0.4 is 5.32 Å². The smallest absolute Gasteiger partial charge is 0.0674 e. The van der Waals surface area contributed by atoms with Gasteiger partial charge in [0.15, 0.2) is 0 Å². The van der Waals surface area contributed by atoms with Crippen molar-refractivity contribution in [1.82, 2.24) is 15.1 Å². The van der Waals surface area contributed by atoms with Gasteiger partial charge in [0.05, 0.1) is 12.2 Å². The molecule has 0 aromatic carbocycles. The van der Waals surface area contributed by atoms with Crippen LogP contribution in [0.1, 0.15) is 64.0 Å². The quantitative estimate of drug-likeness (QED) is 0.848. The van der Waals surface area contributed by atoms with Crippen LogP contribution in [0.5, 0.6) is 0 Å². The molecule has 1 aliphatic rings. The molecule has 3 unspecified atom stereocenters. The summed E-state index contributed by atoms with van der Waals surface area (Å²) in [4.78, 5) is 0. The highest BCUT2D eigenvalue weighted by Crippen LogP contribution is 2.35. The first-order valence-corrected chi connectivity index (χ1v) is 7.98. The van der Waals surface area contributed by atoms with E-state index in [-0.39, 0.29) is 0 Å². The topological polar surface area (TPSA) is 29.9 Å². The highest BCUT2D eigenvalue weighted by molar-refractivity contribution is 5.02. The minimum atomic E-state index is 0.547. The van der Waals surface area contributed by atoms with E-state index in [0.29, 0.717) is 12.1 Å². The molecule has 0 aliphatic heterocycles. The van der Waals surface area contributed by atoms with Gasteiger partial charge in [-0.05, 0) is 50.6 Å². The highest BCUT2D eigenvalue weighted by Gasteiger charge is 2.31. The third-order valence-corrected chi connectivity index (χ3v) is 4.35. The van der Waals surface area contributed by atoms with Gasteiger partial charge in [-0.3, -0.25) is 4.68 Å². The Morgan fingerprint density at radius 2 is 2.16 bits per heavy atom. The van der Waals surface area contributed by atoms with E-state index in [1.165, 1.54) is 44.1 Å². The van der Waals surface area contributed by atoms with Gasteiger partial charge in [0.2, 0.25) is 0 Å². The minimum Gasteiger partial charge on any atom is -0.312 e. The third-order valence-electron chi connectivity index (χ3n) is 4.35. The molecule has 3 heteroatoms. The Morgan fingerprint density at radius 1 is 1.32 bits per heavy atom. The van der Waals surface area contributed by atoms with Crippen molar-refractivity contribution in [1.29, 1.82) is 0 Å². The standard InChI is InChI=1S/C16H29N3/c1-4-6-14-7-8-15(17-9-5-2)16(10-14)19-12-13(3)11-18-19/h11-12,14-17H,4-10H2,1-3H3. The van der Waals surface area contributed by atoms with E-state index in [0.717, 1.165) is 12.5 Å². The lowest BCUT2D eigenvalue weighted by atomic mass is 9.80. The number of rotatable bonds is 6. The largest absolute Gasteiger partial charge is 0.312 e. The summed E-state index contributed by atoms with van der Waals surface area (Å²) >= 11 is 0. The van der Waals surface area contributed by atoms with Crippen LogP contribution >= 0.6 is 0 Å². The molecule has 1 N–H and O–H groups in total. The molecule has 0 radical (unpaired) electrons. The Morgan fingerprint density at radius 3 is 2.79 bits per heavy atom. The minimum absolute atomic E-state index is 0.547. The lowest BCUT2D eigenvalue weighted by Crippen LogP contribution is -2.42. The summed E-state index contributed by atoms with van der Waals surface area (Å²) in [5, 5.41) is 8.30. The first-order valence-electron chi connectivity index (χ1n) is 7.98. The van der Waals surface area contributed by atoms with Crippen molar-refractivity contribution in [3.05, 3.63) is 18.0 Å². The molecule has 0 saturated heterocycles. The second-order valence-corrected chi connectivity index (χ2v) is 6.09. The molecule has 0 amide bonds. The van der Waals surface area contributed by atoms with Crippen molar-refractivity contribution in [2.75, 3.05) is 6.54 Å². The van der Waals surface area contributed by atoms with Crippen LogP contribution in [0, 0.1) is 12.8 Å². The van der Waals surface area contributed by atoms with Crippen LogP contribution in [0.3, 0.4) is 0 Å². The molecule has 1 aromatic rings. The summed E-state index contributed by atoms with van der Waals surface area (Å²) in [5.74, 6) is 0.888. The summed E-state index contributed by atoms with van der Waals surface area (Å²) in [7, 11) is 0. The maximum atomic E-state index is 4.57. The van der Waals surface area contributed by atoms with Crippen LogP contribution in [0.25, 0.3) is 0 Å². The normalized spacial score (nSPS) is 27.6. The maximum absolute atomic E-state index is 4.57. The molecule has 1 heterocycles. The number of nitrogens with one attached hydrogen (secondary N) is 1. The first-order chi connectivity index (χ1) is 9.24. The molecule has 1 aliphatic carbocycles. The van der Waals surface area contributed by atoms with Gasteiger partial charge in [-0.15, -0.1) is 0 Å². The first kappa shape index (κ1) is 14.6. The van der Waals surface area contributed by atoms with Gasteiger partial charge in [-0.2, -0.15) is 5.10 Å². The van der Waals surface area contributed by atoms with E-state index in [4.69, 9.17) is 0 Å². The van der Waals surface area contributed by atoms with Crippen molar-refractivity contribution in [3.63, 3.8) is 0 Å². The molecule has 19 heavy (non-hydrogen) atoms. The lowest BCUT2D eigenvalue weighted by molar-refractivity contribution is 0.186. The van der Waals surface area contributed by atoms with Gasteiger partial charge in [-0.1, -0.05) is 26.7 Å². The SMILES string of the molecule is CCCNC1CCC(CCC)CC1n1cc(C)cn1. The fourth-order valence-corrected chi connectivity index (χ4v) is 3.38. The Bertz CT molecular complexity index is 372. The predicted molar refractivity (Wildman–Crippen MR) is 80.3 cm³/mol. The molecule has 3 nitrogen and oxygen atoms in total. The van der Waals surface area contributed by atoms with Gasteiger partial charge in [-0.25, -0.2) is 0 Å². The molecule has 1 fully saturated rings. The Balaban J connectivity index is 2.06. The van der Waals surface area contributed by atoms with Gasteiger partial charge in [0.25, 0.3) is 0 Å². The van der Waals surface area contributed by atoms with Crippen LogP contribution in [0.4, 0.5) is 0 Å². The van der Waals surface area contributed by atoms with E-state index in [1.54, 1.807) is 0 Å². The third kappa shape index (κ3) is 3.82. The maximum Gasteiger partial charge on any atom is 0.0674 e. The summed E-state index contributed by atoms with van der Waals surface area (Å²) < 4.78 is 2.21. The molecular weight excluding hydrogens is 234 g/mol. The lowest BCUT2D eigenvalue weighted by Gasteiger charge is -2.37. The number of aromatic nitrogens is 2. The van der Waals surface area contributed by atoms with Crippen molar-refractivity contribution in [3.8, 4) is 0 Å². The molecular formula is C16H29N3. The highest BCUT2D eigenvalue weighted by atomic mass is 15.3. The summed E-state index contributed by atoms with van der Waals surface area (Å²) in [5.41, 5.74) is 1.27. The van der Waals surface area contributed by atoms with Gasteiger partial charge in [0, 0.05) is 12.2 Å². The van der Waals surface area contributed by atoms with Crippen LogP contribution in [-0.4, -0.2) is 22.4 Å². The zero-order chi connectivity index (χ0) is 13.7. The van der Waals surface area contributed by atoms with E-state index in [9.17, 15) is 0 Å². The molecule has 0 bridgehead atoms. The van der Waals surface area contributed by atoms with Crippen molar-refractivity contribution in [2.24, 2.45) is 5.92 Å². The van der Waals surface area contributed by atoms with Crippen molar-refractivity contribution < 1.29 is 0 Å². The summed E-state index contributed by atoms with van der Waals surface area (Å²) in [6.45, 7) is 7.79. The second kappa shape index (κ2) is 7.09. The molecule has 1 saturated carbocycles. The van der Waals surface area contributed by atoms with Crippen molar-refractivity contribution in [2.45, 2.75) is 71.4 Å². The fourth-order valence-electron chi connectivity index (χ4n) is 3.38. The van der Waals surface area contributed by atoms with Gasteiger partial charge in [0.1, 0.15) is 0 Å². The van der Waals surface area contributed by atoms with Crippen molar-refractivity contribution >= 4 is 0 Å². The Hall–Kier alpha value is -0.830. The molecule has 1 aromatic heterocycles. The average Bonchev–Trinajstić information content (AvgIpc) is 2.84. The van der Waals surface area contributed by atoms with E-state index < -0.39 is 0 Å². The molecule has 3 atom stereocenters. The van der Waals surface area contributed by atoms with Crippen LogP contribution in [0.2, 0.25) is 0 Å². The number of hydrogen-bond donors (Lipinski definition) is 1. The van der Waals surface area contributed by atoms with E-state index >= 15 is 0 Å². The summed E-state index contributed by atoms with van der Waals surface area (Å²) in [6, 6.07) is 1.15. The van der Waals surface area contributed by atoms with Gasteiger partial charge >= 0.3 is 0 Å². The van der Waals surface area contributed by atoms with E-state index in [2.05, 4.69) is 42.1 Å². The second-order valence-electron chi connectivity index (χ2n) is 6.09. The number of nitrogens with zero attached hydrogens (tertiary/aromatic N) is 2. The predicted octanol–water partition coefficient (Wildman–Crippen LogP) is 3.70. The van der Waals surface area contributed by atoms with Gasteiger partial charge < -0.3 is 5.32 Å². The zero-order valence-electron chi connectivity index (χ0n) is 12.7. The van der Waals surface area contributed by atoms with E-state index in [1.807, 2.05) is 6.20 Å². The molecule has 2 rings (SSSR count). The monoisotopic (exact) mass is 263 g/mol. The number of aryl methyl sites for hydroxylation is 1. The van der Waals surface area contributed by atoms with Crippen LogP contribution in [-0.2, 0) is 0 Å². The zero-order valence-corrected chi connectivity index (χ0v) is 12.7.